The minimum atomic E-state index is -0.943. The number of pyridine rings is 1. The van der Waals surface area contributed by atoms with Gasteiger partial charge in [0.2, 0.25) is 0 Å². The first-order valence-corrected chi connectivity index (χ1v) is 16.8. The number of phenolic OH excluding ortho intramolecular Hbond substituents is 1. The number of aryl methyl sites for hydroxylation is 1. The first-order chi connectivity index (χ1) is 23.1. The standard InChI is InChI=1S/C36H38F3N5O4/c1-3-24-27(38)6-5-21-11-23(45)12-25(28(21)24)30-29(39)31-26(15-40-30)32(43-16-20-7-9-35(13-20,18-43)33(46)47-2)42-34(41-31)48-19-36-8-4-10-44(36)17-22(37)14-36/h5-6,11-12,15,20,22,45H,3-4,7-10,13-14,16-19H2,1-2H3/t20?,22-,35?,36+/m1/s1. The molecule has 4 fully saturated rings. The molecular formula is C36H38F3N5O4. The van der Waals surface area contributed by atoms with Gasteiger partial charge in [-0.3, -0.25) is 14.7 Å². The van der Waals surface area contributed by atoms with Gasteiger partial charge in [-0.1, -0.05) is 13.0 Å². The number of anilines is 1. The number of rotatable bonds is 7. The van der Waals surface area contributed by atoms with E-state index in [-0.39, 0.29) is 47.0 Å². The van der Waals surface area contributed by atoms with Crippen LogP contribution in [0.4, 0.5) is 19.0 Å². The third-order valence-electron chi connectivity index (χ3n) is 11.2. The van der Waals surface area contributed by atoms with Gasteiger partial charge in [0, 0.05) is 37.8 Å². The summed E-state index contributed by atoms with van der Waals surface area (Å²) in [5.74, 6) is -0.971. The van der Waals surface area contributed by atoms with E-state index in [1.165, 1.54) is 31.5 Å². The number of ether oxygens (including phenoxy) is 2. The highest BCUT2D eigenvalue weighted by Crippen LogP contribution is 2.49. The zero-order valence-electron chi connectivity index (χ0n) is 27.1. The molecule has 3 saturated heterocycles. The smallest absolute Gasteiger partial charge is 0.319 e. The van der Waals surface area contributed by atoms with Gasteiger partial charge in [0.1, 0.15) is 41.4 Å². The van der Waals surface area contributed by atoms with E-state index in [1.54, 1.807) is 6.07 Å². The lowest BCUT2D eigenvalue weighted by Gasteiger charge is -2.39. The number of hydrogen-bond acceptors (Lipinski definition) is 9. The number of halogens is 3. The summed E-state index contributed by atoms with van der Waals surface area (Å²) < 4.78 is 58.0. The lowest BCUT2D eigenvalue weighted by Crippen LogP contribution is -2.48. The molecule has 2 bridgehead atoms. The van der Waals surface area contributed by atoms with Gasteiger partial charge in [0.15, 0.2) is 5.82 Å². The maximum atomic E-state index is 17.0. The molecule has 1 aliphatic carbocycles. The fourth-order valence-electron chi connectivity index (χ4n) is 9.10. The molecule has 4 aromatic rings. The molecule has 0 spiro atoms. The van der Waals surface area contributed by atoms with E-state index in [2.05, 4.69) is 14.9 Å². The second kappa shape index (κ2) is 11.5. The van der Waals surface area contributed by atoms with Gasteiger partial charge in [0.05, 0.1) is 23.4 Å². The lowest BCUT2D eigenvalue weighted by molar-refractivity contribution is -0.152. The van der Waals surface area contributed by atoms with Crippen LogP contribution in [0.2, 0.25) is 0 Å². The Kier molecular flexibility index (Phi) is 7.43. The zero-order valence-corrected chi connectivity index (χ0v) is 27.1. The first-order valence-electron chi connectivity index (χ1n) is 16.8. The van der Waals surface area contributed by atoms with Crippen molar-refractivity contribution in [1.29, 1.82) is 0 Å². The normalized spacial score (nSPS) is 26.8. The summed E-state index contributed by atoms with van der Waals surface area (Å²) in [5.41, 5.74) is -0.695. The SMILES string of the molecule is CCc1c(F)ccc2cc(O)cc(-c3ncc4c(N5CC6CCC(C(=O)OC)(C6)C5)nc(OC[C@@]56CCCN5C[C@H](F)C6)nc4c3F)c12. The van der Waals surface area contributed by atoms with Crippen LogP contribution < -0.4 is 9.64 Å². The van der Waals surface area contributed by atoms with Crippen LogP contribution in [0, 0.1) is 23.0 Å². The molecule has 12 heteroatoms. The van der Waals surface area contributed by atoms with Crippen LogP contribution in [0.5, 0.6) is 11.8 Å². The zero-order chi connectivity index (χ0) is 33.4. The summed E-state index contributed by atoms with van der Waals surface area (Å²) in [6.45, 7) is 4.06. The van der Waals surface area contributed by atoms with Crippen molar-refractivity contribution in [3.63, 3.8) is 0 Å². The van der Waals surface area contributed by atoms with Crippen LogP contribution in [0.1, 0.15) is 51.0 Å². The number of phenols is 1. The molecule has 4 atom stereocenters. The molecule has 48 heavy (non-hydrogen) atoms. The Morgan fingerprint density at radius 1 is 1.15 bits per heavy atom. The molecule has 0 amide bonds. The van der Waals surface area contributed by atoms with Crippen molar-refractivity contribution < 1.29 is 32.5 Å². The molecule has 4 aliphatic rings. The number of methoxy groups -OCH3 is 1. The topological polar surface area (TPSA) is 101 Å². The van der Waals surface area contributed by atoms with Crippen molar-refractivity contribution in [3.05, 3.63) is 47.7 Å². The number of esters is 1. The molecule has 1 saturated carbocycles. The first kappa shape index (κ1) is 31.1. The Morgan fingerprint density at radius 3 is 2.81 bits per heavy atom. The van der Waals surface area contributed by atoms with Crippen LogP contribution in [0.3, 0.4) is 0 Å². The summed E-state index contributed by atoms with van der Waals surface area (Å²) in [6, 6.07) is 5.74. The predicted molar refractivity (Wildman–Crippen MR) is 174 cm³/mol. The third kappa shape index (κ3) is 4.85. The number of fused-ring (bicyclic) bond motifs is 5. The summed E-state index contributed by atoms with van der Waals surface area (Å²) in [5, 5.41) is 12.0. The molecule has 2 aromatic carbocycles. The molecular weight excluding hydrogens is 623 g/mol. The predicted octanol–water partition coefficient (Wildman–Crippen LogP) is 6.13. The fourth-order valence-corrected chi connectivity index (χ4v) is 9.10. The van der Waals surface area contributed by atoms with E-state index in [1.807, 2.05) is 11.8 Å². The Hall–Kier alpha value is -4.19. The van der Waals surface area contributed by atoms with Crippen LogP contribution in [-0.4, -0.2) is 82.5 Å². The van der Waals surface area contributed by atoms with Crippen molar-refractivity contribution in [2.24, 2.45) is 11.3 Å². The number of benzene rings is 2. The Labute approximate surface area is 276 Å². The highest BCUT2D eigenvalue weighted by Gasteiger charge is 2.52. The van der Waals surface area contributed by atoms with Gasteiger partial charge in [-0.05, 0) is 85.5 Å². The van der Waals surface area contributed by atoms with Gasteiger partial charge in [-0.15, -0.1) is 0 Å². The molecule has 2 aromatic heterocycles. The molecule has 3 aliphatic heterocycles. The number of carbonyl (C=O) groups is 1. The summed E-state index contributed by atoms with van der Waals surface area (Å²) in [7, 11) is 1.40. The summed E-state index contributed by atoms with van der Waals surface area (Å²) >= 11 is 0. The van der Waals surface area contributed by atoms with Crippen LogP contribution in [0.25, 0.3) is 32.9 Å². The van der Waals surface area contributed by atoms with Crippen LogP contribution in [0.15, 0.2) is 30.5 Å². The second-order valence-electron chi connectivity index (χ2n) is 14.1. The van der Waals surface area contributed by atoms with Gasteiger partial charge in [-0.25, -0.2) is 13.2 Å². The van der Waals surface area contributed by atoms with Crippen molar-refractivity contribution >= 4 is 33.5 Å². The van der Waals surface area contributed by atoms with E-state index < -0.39 is 28.8 Å². The van der Waals surface area contributed by atoms with E-state index in [9.17, 15) is 14.3 Å². The van der Waals surface area contributed by atoms with E-state index in [4.69, 9.17) is 14.5 Å². The summed E-state index contributed by atoms with van der Waals surface area (Å²) in [4.78, 5) is 31.1. The Bertz CT molecular complexity index is 1960. The van der Waals surface area contributed by atoms with E-state index in [0.29, 0.717) is 72.9 Å². The van der Waals surface area contributed by atoms with Gasteiger partial charge < -0.3 is 19.5 Å². The number of aromatic nitrogens is 3. The monoisotopic (exact) mass is 661 g/mol. The average molecular weight is 662 g/mol. The molecule has 2 unspecified atom stereocenters. The summed E-state index contributed by atoms with van der Waals surface area (Å²) in [6.07, 6.45) is 5.23. The molecule has 1 N–H and O–H groups in total. The number of carbonyl (C=O) groups excluding carboxylic acids is 1. The van der Waals surface area contributed by atoms with Gasteiger partial charge in [-0.2, -0.15) is 9.97 Å². The molecule has 5 heterocycles. The second-order valence-corrected chi connectivity index (χ2v) is 14.1. The average Bonchev–Trinajstić information content (AvgIpc) is 3.72. The maximum absolute atomic E-state index is 17.0. The Balaban J connectivity index is 1.28. The minimum Gasteiger partial charge on any atom is -0.508 e. The molecule has 9 nitrogen and oxygen atoms in total. The fraction of sp³-hybridized carbons (Fsp3) is 0.500. The van der Waals surface area contributed by atoms with Crippen LogP contribution in [-0.2, 0) is 16.0 Å². The van der Waals surface area contributed by atoms with Crippen LogP contribution >= 0.6 is 0 Å². The number of aromatic hydroxyl groups is 1. The minimum absolute atomic E-state index is 0.0495. The molecule has 0 radical (unpaired) electrons. The number of nitrogens with zero attached hydrogens (tertiary/aromatic N) is 5. The molecule has 8 rings (SSSR count). The number of hydrogen-bond donors (Lipinski definition) is 1. The lowest BCUT2D eigenvalue weighted by atomic mass is 9.82. The third-order valence-corrected chi connectivity index (χ3v) is 11.2. The van der Waals surface area contributed by atoms with Gasteiger partial charge >= 0.3 is 12.0 Å². The number of piperidine rings is 1. The highest BCUT2D eigenvalue weighted by atomic mass is 19.1. The van der Waals surface area contributed by atoms with Crippen molar-refractivity contribution in [2.75, 3.05) is 44.8 Å². The Morgan fingerprint density at radius 2 is 2.00 bits per heavy atom. The van der Waals surface area contributed by atoms with Crippen molar-refractivity contribution in [2.45, 2.75) is 63.6 Å². The van der Waals surface area contributed by atoms with Gasteiger partial charge in [0.25, 0.3) is 0 Å². The van der Waals surface area contributed by atoms with Crippen molar-refractivity contribution in [3.8, 4) is 23.0 Å². The van der Waals surface area contributed by atoms with Crippen molar-refractivity contribution in [1.82, 2.24) is 19.9 Å². The highest BCUT2D eigenvalue weighted by molar-refractivity contribution is 6.01. The number of alkyl halides is 1. The molecule has 252 valence electrons. The largest absolute Gasteiger partial charge is 0.508 e. The maximum Gasteiger partial charge on any atom is 0.319 e. The van der Waals surface area contributed by atoms with E-state index >= 15 is 8.78 Å². The quantitative estimate of drug-likeness (QED) is 0.235. The van der Waals surface area contributed by atoms with E-state index in [0.717, 1.165) is 25.8 Å².